The lowest BCUT2D eigenvalue weighted by molar-refractivity contribution is 0.0697. The summed E-state index contributed by atoms with van der Waals surface area (Å²) in [5.41, 5.74) is 1.97. The van der Waals surface area contributed by atoms with E-state index in [4.69, 9.17) is 14.5 Å². The van der Waals surface area contributed by atoms with Gasteiger partial charge in [0.1, 0.15) is 18.0 Å². The second kappa shape index (κ2) is 11.4. The number of carboxylic acid groups (broad SMARTS) is 1. The van der Waals surface area contributed by atoms with Gasteiger partial charge in [-0.2, -0.15) is 0 Å². The van der Waals surface area contributed by atoms with Gasteiger partial charge in [-0.15, -0.1) is 22.7 Å². The highest BCUT2D eigenvalue weighted by atomic mass is 32.1. The van der Waals surface area contributed by atoms with Gasteiger partial charge in [0, 0.05) is 34.2 Å². The van der Waals surface area contributed by atoms with Crippen molar-refractivity contribution in [3.8, 4) is 27.4 Å². The predicted octanol–water partition coefficient (Wildman–Crippen LogP) is 7.13. The molecule has 0 amide bonds. The number of thiophene rings is 1. The van der Waals surface area contributed by atoms with Gasteiger partial charge in [0.15, 0.2) is 16.7 Å². The molecule has 0 saturated carbocycles. The maximum Gasteiger partial charge on any atom is 0.339 e. The minimum absolute atomic E-state index is 0.0450. The molecule has 3 aromatic heterocycles. The van der Waals surface area contributed by atoms with Crippen LogP contribution in [0.5, 0.6) is 5.75 Å². The van der Waals surface area contributed by atoms with Gasteiger partial charge in [-0.1, -0.05) is 26.8 Å². The molecule has 0 radical (unpaired) electrons. The maximum atomic E-state index is 14.8. The SMILES string of the molecule is COCCOc1ccc(-c2nc(Nc3ncc(-c4cccs4)cc3C(=O)O)sc2CC(C)(C)C)cc1F. The number of carboxylic acids is 1. The molecule has 37 heavy (non-hydrogen) atoms. The van der Waals surface area contributed by atoms with E-state index in [1.807, 2.05) is 17.5 Å². The predicted molar refractivity (Wildman–Crippen MR) is 146 cm³/mol. The molecule has 7 nitrogen and oxygen atoms in total. The summed E-state index contributed by atoms with van der Waals surface area (Å²) in [5.74, 6) is -1.24. The Kier molecular flexibility index (Phi) is 8.21. The second-order valence-corrected chi connectivity index (χ2v) is 11.6. The molecule has 0 aliphatic rings. The highest BCUT2D eigenvalue weighted by Gasteiger charge is 2.22. The van der Waals surface area contributed by atoms with Crippen molar-refractivity contribution in [1.29, 1.82) is 0 Å². The van der Waals surface area contributed by atoms with Gasteiger partial charge in [-0.05, 0) is 47.5 Å². The Labute approximate surface area is 223 Å². The lowest BCUT2D eigenvalue weighted by Gasteiger charge is -2.17. The number of aromatic nitrogens is 2. The van der Waals surface area contributed by atoms with Crippen LogP contribution in [-0.4, -0.2) is 41.4 Å². The van der Waals surface area contributed by atoms with E-state index in [0.717, 1.165) is 15.3 Å². The monoisotopic (exact) mass is 541 g/mol. The fraction of sp³-hybridized carbons (Fsp3) is 0.296. The maximum absolute atomic E-state index is 14.8. The first-order valence-corrected chi connectivity index (χ1v) is 13.3. The minimum atomic E-state index is -1.09. The molecule has 0 spiro atoms. The highest BCUT2D eigenvalue weighted by molar-refractivity contribution is 7.16. The van der Waals surface area contributed by atoms with E-state index in [1.165, 1.54) is 28.7 Å². The summed E-state index contributed by atoms with van der Waals surface area (Å²) in [6.07, 6.45) is 2.34. The van der Waals surface area contributed by atoms with Crippen molar-refractivity contribution >= 4 is 39.6 Å². The number of rotatable bonds is 10. The third-order valence-electron chi connectivity index (χ3n) is 5.29. The molecule has 194 valence electrons. The largest absolute Gasteiger partial charge is 0.488 e. The number of anilines is 2. The van der Waals surface area contributed by atoms with Crippen molar-refractivity contribution in [3.05, 3.63) is 64.2 Å². The van der Waals surface area contributed by atoms with Crippen LogP contribution in [0, 0.1) is 11.2 Å². The molecule has 0 unspecified atom stereocenters. The standard InChI is InChI=1S/C27H28FN3O4S2/c1-27(2,3)14-22-23(16-7-8-20(19(28)13-16)35-10-9-34-4)30-26(37-22)31-24-18(25(32)33)12-17(15-29-24)21-6-5-11-36-21/h5-8,11-13,15H,9-10,14H2,1-4H3,(H,32,33)(H,29,30,31). The molecule has 1 aromatic carbocycles. The summed E-state index contributed by atoms with van der Waals surface area (Å²) in [7, 11) is 1.56. The number of methoxy groups -OCH3 is 1. The molecule has 0 aliphatic carbocycles. The molecule has 4 aromatic rings. The van der Waals surface area contributed by atoms with Gasteiger partial charge in [0.05, 0.1) is 12.3 Å². The number of nitrogens with zero attached hydrogens (tertiary/aromatic N) is 2. The van der Waals surface area contributed by atoms with Crippen LogP contribution in [0.1, 0.15) is 36.0 Å². The second-order valence-electron chi connectivity index (χ2n) is 9.54. The number of benzene rings is 1. The number of pyridine rings is 1. The number of hydrogen-bond donors (Lipinski definition) is 2. The van der Waals surface area contributed by atoms with E-state index in [1.54, 1.807) is 31.5 Å². The van der Waals surface area contributed by atoms with Crippen LogP contribution in [0.15, 0.2) is 48.0 Å². The van der Waals surface area contributed by atoms with Gasteiger partial charge in [0.25, 0.3) is 0 Å². The zero-order valence-corrected chi connectivity index (χ0v) is 22.6. The van der Waals surface area contributed by atoms with Crippen molar-refractivity contribution < 1.29 is 23.8 Å². The molecule has 4 rings (SSSR count). The van der Waals surface area contributed by atoms with Crippen LogP contribution in [0.2, 0.25) is 0 Å². The first-order valence-electron chi connectivity index (χ1n) is 11.6. The molecular formula is C27H28FN3O4S2. The number of hydrogen-bond acceptors (Lipinski definition) is 8. The summed E-state index contributed by atoms with van der Waals surface area (Å²) in [5, 5.41) is 15.3. The normalized spacial score (nSPS) is 11.5. The number of nitrogens with one attached hydrogen (secondary N) is 1. The molecule has 3 heterocycles. The number of aromatic carboxylic acids is 1. The van der Waals surface area contributed by atoms with Crippen molar-refractivity contribution in [2.24, 2.45) is 5.41 Å². The van der Waals surface area contributed by atoms with Gasteiger partial charge in [-0.3, -0.25) is 0 Å². The molecule has 2 N–H and O–H groups in total. The summed E-state index contributed by atoms with van der Waals surface area (Å²) in [6, 6.07) is 10.2. The Balaban J connectivity index is 1.68. The van der Waals surface area contributed by atoms with Crippen molar-refractivity contribution in [2.75, 3.05) is 25.6 Å². The molecule has 0 bridgehead atoms. The van der Waals surface area contributed by atoms with E-state index in [9.17, 15) is 14.3 Å². The Morgan fingerprint density at radius 2 is 1.97 bits per heavy atom. The van der Waals surface area contributed by atoms with E-state index in [2.05, 4.69) is 31.1 Å². The van der Waals surface area contributed by atoms with Gasteiger partial charge < -0.3 is 19.9 Å². The Hall–Kier alpha value is -3.34. The number of ether oxygens (including phenoxy) is 2. The highest BCUT2D eigenvalue weighted by Crippen LogP contribution is 2.38. The molecular weight excluding hydrogens is 513 g/mol. The Morgan fingerprint density at radius 1 is 1.16 bits per heavy atom. The third kappa shape index (κ3) is 6.71. The van der Waals surface area contributed by atoms with Crippen LogP contribution in [0.4, 0.5) is 15.3 Å². The van der Waals surface area contributed by atoms with Gasteiger partial charge in [-0.25, -0.2) is 19.2 Å². The van der Waals surface area contributed by atoms with E-state index < -0.39 is 11.8 Å². The van der Waals surface area contributed by atoms with E-state index in [-0.39, 0.29) is 29.2 Å². The van der Waals surface area contributed by atoms with Crippen molar-refractivity contribution in [1.82, 2.24) is 9.97 Å². The van der Waals surface area contributed by atoms with Crippen LogP contribution in [0.25, 0.3) is 21.7 Å². The Bertz CT molecular complexity index is 1380. The topological polar surface area (TPSA) is 93.6 Å². The summed E-state index contributed by atoms with van der Waals surface area (Å²) in [4.78, 5) is 23.0. The smallest absolute Gasteiger partial charge is 0.339 e. The molecule has 0 fully saturated rings. The minimum Gasteiger partial charge on any atom is -0.488 e. The molecule has 0 atom stereocenters. The van der Waals surface area contributed by atoms with Crippen LogP contribution >= 0.6 is 22.7 Å². The lowest BCUT2D eigenvalue weighted by Crippen LogP contribution is -2.08. The average molecular weight is 542 g/mol. The quantitative estimate of drug-likeness (QED) is 0.206. The van der Waals surface area contributed by atoms with E-state index in [0.29, 0.717) is 29.4 Å². The van der Waals surface area contributed by atoms with Crippen LogP contribution in [-0.2, 0) is 11.2 Å². The van der Waals surface area contributed by atoms with Gasteiger partial charge in [0.2, 0.25) is 0 Å². The zero-order valence-electron chi connectivity index (χ0n) is 21.0. The zero-order chi connectivity index (χ0) is 26.6. The Morgan fingerprint density at radius 3 is 2.62 bits per heavy atom. The molecule has 0 aliphatic heterocycles. The fourth-order valence-corrected chi connectivity index (χ4v) is 5.63. The third-order valence-corrected chi connectivity index (χ3v) is 7.18. The fourth-order valence-electron chi connectivity index (χ4n) is 3.64. The van der Waals surface area contributed by atoms with Crippen LogP contribution in [0.3, 0.4) is 0 Å². The summed E-state index contributed by atoms with van der Waals surface area (Å²) >= 11 is 2.91. The van der Waals surface area contributed by atoms with Gasteiger partial charge >= 0.3 is 5.97 Å². The van der Waals surface area contributed by atoms with Crippen molar-refractivity contribution in [3.63, 3.8) is 0 Å². The average Bonchev–Trinajstić information content (AvgIpc) is 3.50. The first-order chi connectivity index (χ1) is 17.6. The number of halogens is 1. The number of carbonyl (C=O) groups is 1. The molecule has 10 heteroatoms. The lowest BCUT2D eigenvalue weighted by atomic mass is 9.90. The van der Waals surface area contributed by atoms with E-state index >= 15 is 0 Å². The summed E-state index contributed by atoms with van der Waals surface area (Å²) in [6.45, 7) is 6.95. The number of thiazole rings is 1. The van der Waals surface area contributed by atoms with Crippen molar-refractivity contribution in [2.45, 2.75) is 27.2 Å². The molecule has 0 saturated heterocycles. The van der Waals surface area contributed by atoms with Crippen LogP contribution < -0.4 is 10.1 Å². The summed E-state index contributed by atoms with van der Waals surface area (Å²) < 4.78 is 25.2. The first kappa shape index (κ1) is 26.7.